The highest BCUT2D eigenvalue weighted by Gasteiger charge is 2.08. The first kappa shape index (κ1) is 7.80. The number of halogens is 2. The number of hydrogen-bond donors (Lipinski definition) is 0. The summed E-state index contributed by atoms with van der Waals surface area (Å²) in [7, 11) is 0. The van der Waals surface area contributed by atoms with Gasteiger partial charge in [-0.1, -0.05) is 22.0 Å². The van der Waals surface area contributed by atoms with Crippen molar-refractivity contribution in [3.63, 3.8) is 0 Å². The zero-order chi connectivity index (χ0) is 8.55. The first-order valence-electron chi connectivity index (χ1n) is 3.65. The van der Waals surface area contributed by atoms with Crippen molar-refractivity contribution in [1.82, 2.24) is 5.12 Å². The Balaban J connectivity index is 2.47. The lowest BCUT2D eigenvalue weighted by molar-refractivity contribution is 0.0793. The topological polar surface area (TPSA) is 3.24 Å². The Bertz CT molecular complexity index is 335. The van der Waals surface area contributed by atoms with Gasteiger partial charge < -0.3 is 0 Å². The molecule has 0 radical (unpaired) electrons. The molecule has 1 aliphatic rings. The van der Waals surface area contributed by atoms with Crippen molar-refractivity contribution in [2.24, 2.45) is 0 Å². The first-order valence-corrected chi connectivity index (χ1v) is 4.44. The fourth-order valence-corrected chi connectivity index (χ4v) is 1.62. The summed E-state index contributed by atoms with van der Waals surface area (Å²) in [5.74, 6) is 0. The van der Waals surface area contributed by atoms with Crippen molar-refractivity contribution in [3.8, 4) is 0 Å². The Labute approximate surface area is 78.6 Å². The Morgan fingerprint density at radius 2 is 2.25 bits per heavy atom. The molecular formula is C9H7BrFN. The minimum atomic E-state index is 0.346. The molecule has 1 aliphatic heterocycles. The van der Waals surface area contributed by atoms with E-state index in [4.69, 9.17) is 0 Å². The third-order valence-electron chi connectivity index (χ3n) is 1.85. The maximum Gasteiger partial charge on any atom is 0.0755 e. The molecule has 1 heterocycles. The van der Waals surface area contributed by atoms with Crippen LogP contribution in [0, 0.1) is 0 Å². The number of rotatable bonds is 0. The average molecular weight is 228 g/mol. The van der Waals surface area contributed by atoms with Crippen LogP contribution in [0.3, 0.4) is 0 Å². The van der Waals surface area contributed by atoms with E-state index in [0.717, 1.165) is 15.6 Å². The molecule has 62 valence electrons. The van der Waals surface area contributed by atoms with E-state index < -0.39 is 0 Å². The predicted octanol–water partition coefficient (Wildman–Crippen LogP) is 3.12. The van der Waals surface area contributed by atoms with E-state index in [-0.39, 0.29) is 0 Å². The molecule has 1 nitrogen and oxygen atoms in total. The van der Waals surface area contributed by atoms with E-state index in [2.05, 4.69) is 15.9 Å². The molecule has 0 fully saturated rings. The van der Waals surface area contributed by atoms with Crippen molar-refractivity contribution in [2.45, 2.75) is 6.54 Å². The molecule has 1 aromatic rings. The first-order chi connectivity index (χ1) is 5.75. The summed E-state index contributed by atoms with van der Waals surface area (Å²) < 4.78 is 13.7. The van der Waals surface area contributed by atoms with Crippen molar-refractivity contribution < 1.29 is 4.48 Å². The molecule has 12 heavy (non-hydrogen) atoms. The molecule has 0 spiro atoms. The van der Waals surface area contributed by atoms with Crippen LogP contribution in [0.15, 0.2) is 28.9 Å². The zero-order valence-electron chi connectivity index (χ0n) is 6.30. The van der Waals surface area contributed by atoms with Gasteiger partial charge in [-0.3, -0.25) is 0 Å². The molecule has 3 heteroatoms. The number of nitrogens with zero attached hydrogens (tertiary/aromatic N) is 1. The van der Waals surface area contributed by atoms with E-state index >= 15 is 0 Å². The maximum atomic E-state index is 12.7. The molecule has 0 bridgehead atoms. The van der Waals surface area contributed by atoms with Crippen molar-refractivity contribution in [3.05, 3.63) is 40.0 Å². The van der Waals surface area contributed by atoms with Crippen LogP contribution >= 0.6 is 15.9 Å². The van der Waals surface area contributed by atoms with Crippen LogP contribution in [0.2, 0.25) is 0 Å². The van der Waals surface area contributed by atoms with Gasteiger partial charge in [0, 0.05) is 10.7 Å². The van der Waals surface area contributed by atoms with Crippen LogP contribution in [0.1, 0.15) is 11.1 Å². The molecule has 0 aliphatic carbocycles. The molecule has 0 saturated heterocycles. The molecule has 0 aromatic heterocycles. The summed E-state index contributed by atoms with van der Waals surface area (Å²) >= 11 is 3.36. The van der Waals surface area contributed by atoms with Crippen LogP contribution in [0.25, 0.3) is 6.08 Å². The van der Waals surface area contributed by atoms with Crippen LogP contribution < -0.4 is 0 Å². The third kappa shape index (κ3) is 1.37. The Morgan fingerprint density at radius 3 is 3.08 bits per heavy atom. The molecule has 0 saturated carbocycles. The van der Waals surface area contributed by atoms with E-state index in [1.165, 1.54) is 6.20 Å². The molecule has 2 rings (SSSR count). The van der Waals surface area contributed by atoms with Gasteiger partial charge in [0.1, 0.15) is 0 Å². The van der Waals surface area contributed by atoms with Crippen LogP contribution in [-0.2, 0) is 6.54 Å². The minimum Gasteiger partial charge on any atom is -0.215 e. The lowest BCUT2D eigenvalue weighted by Gasteiger charge is -2.16. The molecule has 0 N–H and O–H groups in total. The Morgan fingerprint density at radius 1 is 1.42 bits per heavy atom. The van der Waals surface area contributed by atoms with Crippen LogP contribution in [-0.4, -0.2) is 5.12 Å². The molecule has 1 aromatic carbocycles. The van der Waals surface area contributed by atoms with Gasteiger partial charge in [-0.15, -0.1) is 4.48 Å². The van der Waals surface area contributed by atoms with Gasteiger partial charge in [-0.25, -0.2) is 5.12 Å². The number of fused-ring (bicyclic) bond motifs is 1. The zero-order valence-corrected chi connectivity index (χ0v) is 7.88. The van der Waals surface area contributed by atoms with Gasteiger partial charge in [-0.05, 0) is 29.3 Å². The predicted molar refractivity (Wildman–Crippen MR) is 49.8 cm³/mol. The summed E-state index contributed by atoms with van der Waals surface area (Å²) in [6.45, 7) is 0.346. The monoisotopic (exact) mass is 227 g/mol. The van der Waals surface area contributed by atoms with Crippen LogP contribution in [0.5, 0.6) is 0 Å². The lowest BCUT2D eigenvalue weighted by Crippen LogP contribution is -2.09. The fraction of sp³-hybridized carbons (Fsp3) is 0.111. The second-order valence-corrected chi connectivity index (χ2v) is 3.63. The van der Waals surface area contributed by atoms with Gasteiger partial charge in [0.25, 0.3) is 0 Å². The largest absolute Gasteiger partial charge is 0.215 e. The molecule has 0 atom stereocenters. The minimum absolute atomic E-state index is 0.346. The number of hydrogen-bond acceptors (Lipinski definition) is 1. The second-order valence-electron chi connectivity index (χ2n) is 2.72. The Hall–Kier alpha value is -0.830. The highest BCUT2D eigenvalue weighted by atomic mass is 79.9. The van der Waals surface area contributed by atoms with E-state index in [1.54, 1.807) is 6.08 Å². The summed E-state index contributed by atoms with van der Waals surface area (Å²) in [5, 5.41) is 0.677. The SMILES string of the molecule is FN1C=Cc2cc(Br)ccc2C1. The van der Waals surface area contributed by atoms with Crippen molar-refractivity contribution in [2.75, 3.05) is 0 Å². The molecule has 0 amide bonds. The normalized spacial score (nSPS) is 14.7. The highest BCUT2D eigenvalue weighted by Crippen LogP contribution is 2.23. The summed E-state index contributed by atoms with van der Waals surface area (Å²) in [6.07, 6.45) is 3.21. The van der Waals surface area contributed by atoms with Gasteiger partial charge in [0.2, 0.25) is 0 Å². The molecular weight excluding hydrogens is 221 g/mol. The van der Waals surface area contributed by atoms with Gasteiger partial charge >= 0.3 is 0 Å². The summed E-state index contributed by atoms with van der Waals surface area (Å²) in [5.41, 5.74) is 2.10. The standard InChI is InChI=1S/C9H7BrFN/c10-9-2-1-8-6-12(11)4-3-7(8)5-9/h1-5H,6H2. The van der Waals surface area contributed by atoms with Gasteiger partial charge in [0.05, 0.1) is 6.54 Å². The average Bonchev–Trinajstić information content (AvgIpc) is 2.05. The number of benzene rings is 1. The third-order valence-corrected chi connectivity index (χ3v) is 2.34. The Kier molecular flexibility index (Phi) is 1.89. The van der Waals surface area contributed by atoms with Crippen molar-refractivity contribution >= 4 is 22.0 Å². The van der Waals surface area contributed by atoms with Crippen molar-refractivity contribution in [1.29, 1.82) is 0 Å². The summed E-state index contributed by atoms with van der Waals surface area (Å²) in [6, 6.07) is 5.83. The highest BCUT2D eigenvalue weighted by molar-refractivity contribution is 9.10. The van der Waals surface area contributed by atoms with E-state index in [0.29, 0.717) is 11.7 Å². The smallest absolute Gasteiger partial charge is 0.0755 e. The lowest BCUT2D eigenvalue weighted by atomic mass is 10.1. The maximum absolute atomic E-state index is 12.7. The van der Waals surface area contributed by atoms with E-state index in [9.17, 15) is 4.48 Å². The summed E-state index contributed by atoms with van der Waals surface area (Å²) in [4.78, 5) is 0. The van der Waals surface area contributed by atoms with E-state index in [1.807, 2.05) is 18.2 Å². The van der Waals surface area contributed by atoms with Gasteiger partial charge in [0.15, 0.2) is 0 Å². The molecule has 0 unspecified atom stereocenters. The fourth-order valence-electron chi connectivity index (χ4n) is 1.24. The second kappa shape index (κ2) is 2.90. The van der Waals surface area contributed by atoms with Gasteiger partial charge in [-0.2, -0.15) is 0 Å². The van der Waals surface area contributed by atoms with Crippen LogP contribution in [0.4, 0.5) is 4.48 Å². The quantitative estimate of drug-likeness (QED) is 0.616.